The van der Waals surface area contributed by atoms with Crippen LogP contribution < -0.4 is 0 Å². The molecule has 1 aliphatic heterocycles. The first-order chi connectivity index (χ1) is 8.10. The molecule has 17 heavy (non-hydrogen) atoms. The number of amides is 1. The summed E-state index contributed by atoms with van der Waals surface area (Å²) in [6.07, 6.45) is 1.56. The molecule has 1 heterocycles. The standard InChI is InChI=1S/C12H21NO4/c1-4-10-9(6-7-17-10)12(15)13(3)8-11(14)16-5-2/h9-10H,4-8H2,1-3H3. The molecule has 1 aliphatic rings. The Morgan fingerprint density at radius 2 is 2.12 bits per heavy atom. The van der Waals surface area contributed by atoms with E-state index < -0.39 is 0 Å². The van der Waals surface area contributed by atoms with Crippen LogP contribution in [-0.2, 0) is 19.1 Å². The number of likely N-dealkylation sites (N-methyl/N-ethyl adjacent to an activating group) is 1. The van der Waals surface area contributed by atoms with Crippen molar-refractivity contribution in [2.45, 2.75) is 32.8 Å². The molecule has 2 unspecified atom stereocenters. The number of esters is 1. The molecule has 1 amide bonds. The molecule has 5 nitrogen and oxygen atoms in total. The van der Waals surface area contributed by atoms with E-state index in [9.17, 15) is 9.59 Å². The van der Waals surface area contributed by atoms with Crippen molar-refractivity contribution in [2.75, 3.05) is 26.8 Å². The molecule has 1 rings (SSSR count). The topological polar surface area (TPSA) is 55.8 Å². The van der Waals surface area contributed by atoms with Gasteiger partial charge in [0.05, 0.1) is 18.6 Å². The minimum atomic E-state index is -0.365. The SMILES string of the molecule is CCOC(=O)CN(C)C(=O)C1CCOC1CC. The molecule has 0 spiro atoms. The molecule has 0 aromatic heterocycles. The van der Waals surface area contributed by atoms with Crippen LogP contribution in [0.1, 0.15) is 26.7 Å². The van der Waals surface area contributed by atoms with Crippen LogP contribution in [-0.4, -0.2) is 49.7 Å². The maximum Gasteiger partial charge on any atom is 0.325 e. The van der Waals surface area contributed by atoms with Crippen molar-refractivity contribution in [1.82, 2.24) is 4.90 Å². The van der Waals surface area contributed by atoms with Crippen LogP contribution in [0.25, 0.3) is 0 Å². The zero-order valence-corrected chi connectivity index (χ0v) is 10.8. The molecule has 0 aromatic rings. The summed E-state index contributed by atoms with van der Waals surface area (Å²) >= 11 is 0. The Morgan fingerprint density at radius 3 is 2.71 bits per heavy atom. The van der Waals surface area contributed by atoms with E-state index >= 15 is 0 Å². The number of hydrogen-bond acceptors (Lipinski definition) is 4. The Labute approximate surface area is 102 Å². The molecule has 0 aliphatic carbocycles. The minimum Gasteiger partial charge on any atom is -0.465 e. The molecule has 0 bridgehead atoms. The first-order valence-electron chi connectivity index (χ1n) is 6.12. The highest BCUT2D eigenvalue weighted by Gasteiger charge is 2.34. The lowest BCUT2D eigenvalue weighted by Gasteiger charge is -2.22. The first kappa shape index (κ1) is 14.0. The van der Waals surface area contributed by atoms with E-state index in [1.54, 1.807) is 14.0 Å². The van der Waals surface area contributed by atoms with Gasteiger partial charge in [0.15, 0.2) is 0 Å². The van der Waals surface area contributed by atoms with Gasteiger partial charge in [0.25, 0.3) is 0 Å². The fourth-order valence-electron chi connectivity index (χ4n) is 2.09. The van der Waals surface area contributed by atoms with Gasteiger partial charge in [-0.1, -0.05) is 6.92 Å². The normalized spacial score (nSPS) is 23.5. The Balaban J connectivity index is 2.48. The van der Waals surface area contributed by atoms with E-state index in [1.165, 1.54) is 4.90 Å². The van der Waals surface area contributed by atoms with Gasteiger partial charge < -0.3 is 14.4 Å². The van der Waals surface area contributed by atoms with Crippen LogP contribution in [0.4, 0.5) is 0 Å². The van der Waals surface area contributed by atoms with Gasteiger partial charge in [0.1, 0.15) is 6.54 Å². The van der Waals surface area contributed by atoms with Gasteiger partial charge in [0, 0.05) is 13.7 Å². The summed E-state index contributed by atoms with van der Waals surface area (Å²) in [7, 11) is 1.63. The second kappa shape index (κ2) is 6.59. The van der Waals surface area contributed by atoms with Gasteiger partial charge in [-0.15, -0.1) is 0 Å². The van der Waals surface area contributed by atoms with Gasteiger partial charge >= 0.3 is 5.97 Å². The average molecular weight is 243 g/mol. The number of carbonyl (C=O) groups is 2. The van der Waals surface area contributed by atoms with E-state index in [0.717, 1.165) is 12.8 Å². The van der Waals surface area contributed by atoms with Crippen molar-refractivity contribution in [3.05, 3.63) is 0 Å². The third-order valence-electron chi connectivity index (χ3n) is 2.98. The maximum atomic E-state index is 12.1. The quantitative estimate of drug-likeness (QED) is 0.671. The van der Waals surface area contributed by atoms with E-state index in [-0.39, 0.29) is 30.4 Å². The third kappa shape index (κ3) is 3.70. The molecule has 0 radical (unpaired) electrons. The number of ether oxygens (including phenoxy) is 2. The van der Waals surface area contributed by atoms with Crippen LogP contribution in [0.3, 0.4) is 0 Å². The molecular weight excluding hydrogens is 222 g/mol. The van der Waals surface area contributed by atoms with Crippen molar-refractivity contribution in [3.63, 3.8) is 0 Å². The summed E-state index contributed by atoms with van der Waals surface area (Å²) in [5, 5.41) is 0. The first-order valence-corrected chi connectivity index (χ1v) is 6.12. The number of nitrogens with zero attached hydrogens (tertiary/aromatic N) is 1. The van der Waals surface area contributed by atoms with Crippen LogP contribution in [0, 0.1) is 5.92 Å². The summed E-state index contributed by atoms with van der Waals surface area (Å²) in [6, 6.07) is 0. The third-order valence-corrected chi connectivity index (χ3v) is 2.98. The summed E-state index contributed by atoms with van der Waals surface area (Å²) in [5.41, 5.74) is 0. The van der Waals surface area contributed by atoms with Gasteiger partial charge in [-0.05, 0) is 19.8 Å². The Morgan fingerprint density at radius 1 is 1.41 bits per heavy atom. The van der Waals surface area contributed by atoms with E-state index in [2.05, 4.69) is 0 Å². The van der Waals surface area contributed by atoms with Gasteiger partial charge in [-0.25, -0.2) is 0 Å². The smallest absolute Gasteiger partial charge is 0.325 e. The molecule has 1 fully saturated rings. The highest BCUT2D eigenvalue weighted by atomic mass is 16.5. The average Bonchev–Trinajstić information content (AvgIpc) is 2.76. The second-order valence-electron chi connectivity index (χ2n) is 4.21. The zero-order valence-electron chi connectivity index (χ0n) is 10.8. The minimum absolute atomic E-state index is 0.00727. The molecular formula is C12H21NO4. The van der Waals surface area contributed by atoms with Crippen molar-refractivity contribution < 1.29 is 19.1 Å². The van der Waals surface area contributed by atoms with Crippen LogP contribution in [0.5, 0.6) is 0 Å². The van der Waals surface area contributed by atoms with Crippen LogP contribution >= 0.6 is 0 Å². The zero-order chi connectivity index (χ0) is 12.8. The van der Waals surface area contributed by atoms with E-state index in [4.69, 9.17) is 9.47 Å². The monoisotopic (exact) mass is 243 g/mol. The fraction of sp³-hybridized carbons (Fsp3) is 0.833. The number of hydrogen-bond donors (Lipinski definition) is 0. The van der Waals surface area contributed by atoms with Gasteiger partial charge in [-0.2, -0.15) is 0 Å². The van der Waals surface area contributed by atoms with Gasteiger partial charge in [0.2, 0.25) is 5.91 Å². The Hall–Kier alpha value is -1.10. The molecule has 5 heteroatoms. The largest absolute Gasteiger partial charge is 0.465 e. The van der Waals surface area contributed by atoms with Crippen molar-refractivity contribution >= 4 is 11.9 Å². The lowest BCUT2D eigenvalue weighted by Crippen LogP contribution is -2.39. The fourth-order valence-corrected chi connectivity index (χ4v) is 2.09. The number of carbonyl (C=O) groups excluding carboxylic acids is 2. The highest BCUT2D eigenvalue weighted by Crippen LogP contribution is 2.24. The molecule has 0 N–H and O–H groups in total. The maximum absolute atomic E-state index is 12.1. The molecule has 0 aromatic carbocycles. The van der Waals surface area contributed by atoms with Gasteiger partial charge in [-0.3, -0.25) is 9.59 Å². The second-order valence-corrected chi connectivity index (χ2v) is 4.21. The lowest BCUT2D eigenvalue weighted by atomic mass is 9.98. The lowest BCUT2D eigenvalue weighted by molar-refractivity contribution is -0.149. The van der Waals surface area contributed by atoms with Crippen molar-refractivity contribution in [1.29, 1.82) is 0 Å². The highest BCUT2D eigenvalue weighted by molar-refractivity contribution is 5.84. The van der Waals surface area contributed by atoms with Crippen LogP contribution in [0.15, 0.2) is 0 Å². The summed E-state index contributed by atoms with van der Waals surface area (Å²) in [5.74, 6) is -0.503. The predicted molar refractivity (Wildman–Crippen MR) is 62.4 cm³/mol. The van der Waals surface area contributed by atoms with Crippen molar-refractivity contribution in [3.8, 4) is 0 Å². The molecule has 1 saturated heterocycles. The predicted octanol–water partition coefficient (Wildman–Crippen LogP) is 0.823. The molecule has 98 valence electrons. The van der Waals surface area contributed by atoms with Crippen molar-refractivity contribution in [2.24, 2.45) is 5.92 Å². The van der Waals surface area contributed by atoms with Crippen LogP contribution in [0.2, 0.25) is 0 Å². The number of rotatable bonds is 5. The summed E-state index contributed by atoms with van der Waals surface area (Å²) in [4.78, 5) is 24.8. The van der Waals surface area contributed by atoms with E-state index in [1.807, 2.05) is 6.92 Å². The summed E-state index contributed by atoms with van der Waals surface area (Å²) in [6.45, 7) is 4.73. The summed E-state index contributed by atoms with van der Waals surface area (Å²) < 4.78 is 10.3. The molecule has 2 atom stereocenters. The Kier molecular flexibility index (Phi) is 5.41. The molecule has 0 saturated carbocycles. The Bertz CT molecular complexity index is 280. The van der Waals surface area contributed by atoms with E-state index in [0.29, 0.717) is 13.2 Å².